The standard InChI is InChI=1S/C10H16O3/c11-9(12)13-8-7-10(8)5-3-1-2-4-6-10/h8H,1-7H2,(H,11,12). The van der Waals surface area contributed by atoms with Crippen LogP contribution in [0, 0.1) is 5.41 Å². The second kappa shape index (κ2) is 3.20. The zero-order chi connectivity index (χ0) is 9.31. The molecule has 0 aromatic heterocycles. The fourth-order valence-electron chi connectivity index (χ4n) is 2.56. The molecule has 0 saturated heterocycles. The molecule has 0 aromatic rings. The van der Waals surface area contributed by atoms with Gasteiger partial charge >= 0.3 is 6.16 Å². The van der Waals surface area contributed by atoms with E-state index in [-0.39, 0.29) is 11.5 Å². The molecule has 3 nitrogen and oxygen atoms in total. The maximum absolute atomic E-state index is 10.3. The summed E-state index contributed by atoms with van der Waals surface area (Å²) in [5, 5.41) is 8.49. The number of carbonyl (C=O) groups is 1. The summed E-state index contributed by atoms with van der Waals surface area (Å²) in [5.74, 6) is 0. The van der Waals surface area contributed by atoms with E-state index in [1.165, 1.54) is 38.5 Å². The summed E-state index contributed by atoms with van der Waals surface area (Å²) in [6, 6.07) is 0. The van der Waals surface area contributed by atoms with Crippen LogP contribution in [0.4, 0.5) is 4.79 Å². The number of ether oxygens (including phenoxy) is 1. The van der Waals surface area contributed by atoms with E-state index in [1.807, 2.05) is 0 Å². The van der Waals surface area contributed by atoms with Crippen LogP contribution in [0.2, 0.25) is 0 Å². The van der Waals surface area contributed by atoms with E-state index in [4.69, 9.17) is 9.84 Å². The molecular formula is C10H16O3. The molecular weight excluding hydrogens is 168 g/mol. The van der Waals surface area contributed by atoms with Crippen LogP contribution in [0.5, 0.6) is 0 Å². The van der Waals surface area contributed by atoms with Crippen molar-refractivity contribution in [2.24, 2.45) is 5.41 Å². The largest absolute Gasteiger partial charge is 0.506 e. The second-order valence-electron chi connectivity index (χ2n) is 4.35. The topological polar surface area (TPSA) is 46.5 Å². The van der Waals surface area contributed by atoms with Crippen LogP contribution in [0.1, 0.15) is 44.9 Å². The van der Waals surface area contributed by atoms with E-state index in [0.717, 1.165) is 6.42 Å². The predicted molar refractivity (Wildman–Crippen MR) is 47.6 cm³/mol. The molecule has 74 valence electrons. The summed E-state index contributed by atoms with van der Waals surface area (Å²) in [5.41, 5.74) is 0.259. The summed E-state index contributed by atoms with van der Waals surface area (Å²) in [6.45, 7) is 0. The molecule has 2 aliphatic rings. The lowest BCUT2D eigenvalue weighted by Crippen LogP contribution is -2.11. The summed E-state index contributed by atoms with van der Waals surface area (Å²) in [7, 11) is 0. The van der Waals surface area contributed by atoms with Gasteiger partial charge in [-0.3, -0.25) is 0 Å². The molecule has 1 N–H and O–H groups in total. The molecule has 0 heterocycles. The fraction of sp³-hybridized carbons (Fsp3) is 0.900. The van der Waals surface area contributed by atoms with Gasteiger partial charge in [0.05, 0.1) is 0 Å². The smallest absolute Gasteiger partial charge is 0.450 e. The predicted octanol–water partition coefficient (Wildman–Crippen LogP) is 2.79. The molecule has 13 heavy (non-hydrogen) atoms. The highest BCUT2D eigenvalue weighted by molar-refractivity contribution is 5.57. The average Bonchev–Trinajstić information content (AvgIpc) is 2.76. The normalized spacial score (nSPS) is 30.9. The quantitative estimate of drug-likeness (QED) is 0.637. The van der Waals surface area contributed by atoms with Crippen molar-refractivity contribution in [2.45, 2.75) is 51.0 Å². The van der Waals surface area contributed by atoms with Gasteiger partial charge in [-0.25, -0.2) is 4.79 Å². The van der Waals surface area contributed by atoms with Gasteiger partial charge in [-0.2, -0.15) is 0 Å². The van der Waals surface area contributed by atoms with Crippen LogP contribution < -0.4 is 0 Å². The van der Waals surface area contributed by atoms with E-state index in [2.05, 4.69) is 0 Å². The van der Waals surface area contributed by atoms with Crippen LogP contribution in [-0.2, 0) is 4.74 Å². The zero-order valence-electron chi connectivity index (χ0n) is 7.79. The van der Waals surface area contributed by atoms with E-state index in [0.29, 0.717) is 0 Å². The molecule has 0 amide bonds. The van der Waals surface area contributed by atoms with Gasteiger partial charge in [0.15, 0.2) is 0 Å². The molecule has 2 rings (SSSR count). The molecule has 1 atom stereocenters. The Hall–Kier alpha value is -0.730. The highest BCUT2D eigenvalue weighted by Crippen LogP contribution is 2.57. The van der Waals surface area contributed by atoms with E-state index < -0.39 is 6.16 Å². The van der Waals surface area contributed by atoms with Crippen molar-refractivity contribution >= 4 is 6.16 Å². The second-order valence-corrected chi connectivity index (χ2v) is 4.35. The molecule has 2 saturated carbocycles. The highest BCUT2D eigenvalue weighted by Gasteiger charge is 2.56. The Kier molecular flexibility index (Phi) is 2.18. The van der Waals surface area contributed by atoms with Crippen LogP contribution in [0.15, 0.2) is 0 Å². The van der Waals surface area contributed by atoms with E-state index >= 15 is 0 Å². The molecule has 3 heteroatoms. The van der Waals surface area contributed by atoms with Crippen molar-refractivity contribution in [3.63, 3.8) is 0 Å². The maximum Gasteiger partial charge on any atom is 0.506 e. The van der Waals surface area contributed by atoms with Gasteiger partial charge in [-0.1, -0.05) is 25.7 Å². The Morgan fingerprint density at radius 3 is 2.38 bits per heavy atom. The van der Waals surface area contributed by atoms with E-state index in [1.54, 1.807) is 0 Å². The Bertz CT molecular complexity index is 204. The molecule has 1 unspecified atom stereocenters. The molecule has 0 radical (unpaired) electrons. The first kappa shape index (κ1) is 8.85. The third kappa shape index (κ3) is 1.79. The van der Waals surface area contributed by atoms with Gasteiger partial charge in [0, 0.05) is 5.41 Å². The van der Waals surface area contributed by atoms with Crippen LogP contribution >= 0.6 is 0 Å². The van der Waals surface area contributed by atoms with Crippen molar-refractivity contribution in [3.8, 4) is 0 Å². The van der Waals surface area contributed by atoms with Gasteiger partial charge in [-0.15, -0.1) is 0 Å². The minimum Gasteiger partial charge on any atom is -0.450 e. The first-order chi connectivity index (χ1) is 6.23. The van der Waals surface area contributed by atoms with E-state index in [9.17, 15) is 4.79 Å². The average molecular weight is 184 g/mol. The Balaban J connectivity index is 1.88. The molecule has 0 aliphatic heterocycles. The SMILES string of the molecule is O=C(O)OC1CC12CCCCCC2. The van der Waals surface area contributed by atoms with Gasteiger partial charge in [0.2, 0.25) is 0 Å². The van der Waals surface area contributed by atoms with Crippen molar-refractivity contribution in [3.05, 3.63) is 0 Å². The summed E-state index contributed by atoms with van der Waals surface area (Å²) in [6.07, 6.45) is 7.34. The molecule has 1 spiro atoms. The summed E-state index contributed by atoms with van der Waals surface area (Å²) < 4.78 is 4.83. The van der Waals surface area contributed by atoms with Gasteiger partial charge < -0.3 is 9.84 Å². The minimum atomic E-state index is -1.11. The lowest BCUT2D eigenvalue weighted by Gasteiger charge is -2.12. The van der Waals surface area contributed by atoms with Gasteiger partial charge in [-0.05, 0) is 19.3 Å². The third-order valence-electron chi connectivity index (χ3n) is 3.46. The van der Waals surface area contributed by atoms with Crippen LogP contribution in [-0.4, -0.2) is 17.4 Å². The molecule has 0 bridgehead atoms. The van der Waals surface area contributed by atoms with Crippen molar-refractivity contribution in [2.75, 3.05) is 0 Å². The Morgan fingerprint density at radius 2 is 1.85 bits per heavy atom. The number of rotatable bonds is 1. The first-order valence-corrected chi connectivity index (χ1v) is 5.13. The Morgan fingerprint density at radius 1 is 1.23 bits per heavy atom. The number of hydrogen-bond donors (Lipinski definition) is 1. The van der Waals surface area contributed by atoms with Gasteiger partial charge in [0.25, 0.3) is 0 Å². The molecule has 2 fully saturated rings. The lowest BCUT2D eigenvalue weighted by molar-refractivity contribution is 0.0694. The van der Waals surface area contributed by atoms with Crippen LogP contribution in [0.3, 0.4) is 0 Å². The van der Waals surface area contributed by atoms with Crippen molar-refractivity contribution < 1.29 is 14.6 Å². The van der Waals surface area contributed by atoms with Gasteiger partial charge in [0.1, 0.15) is 6.10 Å². The fourth-order valence-corrected chi connectivity index (χ4v) is 2.56. The lowest BCUT2D eigenvalue weighted by atomic mass is 9.97. The first-order valence-electron chi connectivity index (χ1n) is 5.13. The third-order valence-corrected chi connectivity index (χ3v) is 3.46. The summed E-state index contributed by atoms with van der Waals surface area (Å²) in [4.78, 5) is 10.3. The number of carboxylic acid groups (broad SMARTS) is 1. The maximum atomic E-state index is 10.3. The number of hydrogen-bond acceptors (Lipinski definition) is 2. The Labute approximate surface area is 78.1 Å². The molecule has 2 aliphatic carbocycles. The van der Waals surface area contributed by atoms with Crippen molar-refractivity contribution in [1.29, 1.82) is 0 Å². The zero-order valence-corrected chi connectivity index (χ0v) is 7.79. The highest BCUT2D eigenvalue weighted by atomic mass is 16.7. The van der Waals surface area contributed by atoms with Crippen LogP contribution in [0.25, 0.3) is 0 Å². The minimum absolute atomic E-state index is 0.0168. The monoisotopic (exact) mass is 184 g/mol. The van der Waals surface area contributed by atoms with Crippen molar-refractivity contribution in [1.82, 2.24) is 0 Å². The summed E-state index contributed by atoms with van der Waals surface area (Å²) >= 11 is 0. The molecule has 0 aromatic carbocycles.